The van der Waals surface area contributed by atoms with Crippen LogP contribution in [-0.4, -0.2) is 40.7 Å². The summed E-state index contributed by atoms with van der Waals surface area (Å²) in [6.45, 7) is -0.284. The fourth-order valence-electron chi connectivity index (χ4n) is 5.14. The maximum atomic E-state index is 14.0. The predicted molar refractivity (Wildman–Crippen MR) is 132 cm³/mol. The normalized spacial score (nSPS) is 23.7. The highest BCUT2D eigenvalue weighted by Crippen LogP contribution is 2.48. The van der Waals surface area contributed by atoms with Gasteiger partial charge in [-0.3, -0.25) is 9.59 Å². The Kier molecular flexibility index (Phi) is 7.83. The molecule has 3 N–H and O–H groups in total. The summed E-state index contributed by atoms with van der Waals surface area (Å²) in [7, 11) is 0. The van der Waals surface area contributed by atoms with Gasteiger partial charge < -0.3 is 20.6 Å². The fourth-order valence-corrected chi connectivity index (χ4v) is 5.66. The van der Waals surface area contributed by atoms with Crippen molar-refractivity contribution in [1.82, 2.24) is 4.90 Å². The van der Waals surface area contributed by atoms with Crippen LogP contribution < -0.4 is 10.6 Å². The minimum absolute atomic E-state index is 0.230. The van der Waals surface area contributed by atoms with Crippen molar-refractivity contribution in [2.45, 2.75) is 49.7 Å². The molecule has 0 saturated heterocycles. The lowest BCUT2D eigenvalue weighted by Gasteiger charge is -2.47. The summed E-state index contributed by atoms with van der Waals surface area (Å²) >= 11 is 12.7. The van der Waals surface area contributed by atoms with Gasteiger partial charge in [0.1, 0.15) is 11.7 Å². The summed E-state index contributed by atoms with van der Waals surface area (Å²) in [6, 6.07) is 7.53. The Balaban J connectivity index is 1.92. The molecule has 4 atom stereocenters. The predicted octanol–water partition coefficient (Wildman–Crippen LogP) is 5.64. The standard InChI is InChI=1S/C23H23Cl2N7O4/c24-12-5-7-15(17(25)9-12)21-20(23(34)35)16-10-13(36-11-28-30-26)6-8-14(16)22(33)32(21)19-4-2-1-3-18(19)29-31-27/h5-10,18-21H,1-4,11H2,(H2,27,29)(H,34,35)/t18-,19-,20+,21-/m0/s1. The summed E-state index contributed by atoms with van der Waals surface area (Å²) in [5.74, 6) is 2.95. The van der Waals surface area contributed by atoms with Crippen LogP contribution in [0.2, 0.25) is 10.0 Å². The third-order valence-corrected chi connectivity index (χ3v) is 7.17. The van der Waals surface area contributed by atoms with Crippen LogP contribution in [0.1, 0.15) is 59.1 Å². The number of nitrogens with zero attached hydrogens (tertiary/aromatic N) is 6. The molecule has 1 aliphatic carbocycles. The number of hydrogen-bond acceptors (Lipinski definition) is 6. The van der Waals surface area contributed by atoms with E-state index in [2.05, 4.69) is 20.4 Å². The molecule has 1 aliphatic heterocycles. The number of amides is 1. The first-order valence-electron chi connectivity index (χ1n) is 11.3. The van der Waals surface area contributed by atoms with Crippen LogP contribution in [0.15, 0.2) is 51.8 Å². The Bertz CT molecular complexity index is 1250. The van der Waals surface area contributed by atoms with Gasteiger partial charge in [-0.05, 0) is 59.8 Å². The molecular formula is C23H23Cl2N7O4. The number of fused-ring (bicyclic) bond motifs is 1. The highest BCUT2D eigenvalue weighted by molar-refractivity contribution is 6.35. The average molecular weight is 532 g/mol. The summed E-state index contributed by atoms with van der Waals surface area (Å²) in [5.41, 5.74) is 9.46. The molecule has 36 heavy (non-hydrogen) atoms. The largest absolute Gasteiger partial charge is 0.488 e. The van der Waals surface area contributed by atoms with Gasteiger partial charge in [-0.2, -0.15) is 5.11 Å². The second-order valence-electron chi connectivity index (χ2n) is 8.54. The van der Waals surface area contributed by atoms with Crippen molar-refractivity contribution in [3.8, 4) is 5.75 Å². The molecule has 0 aromatic heterocycles. The van der Waals surface area contributed by atoms with Crippen LogP contribution in [0.25, 0.3) is 10.4 Å². The molecule has 0 bridgehead atoms. The molecule has 13 heteroatoms. The van der Waals surface area contributed by atoms with E-state index in [0.717, 1.165) is 12.8 Å². The molecule has 0 unspecified atom stereocenters. The summed E-state index contributed by atoms with van der Waals surface area (Å²) in [6.07, 6.45) is 2.99. The van der Waals surface area contributed by atoms with E-state index in [4.69, 9.17) is 39.3 Å². The number of benzene rings is 2. The average Bonchev–Trinajstić information content (AvgIpc) is 2.85. The molecule has 1 amide bonds. The van der Waals surface area contributed by atoms with E-state index in [0.29, 0.717) is 23.4 Å². The third kappa shape index (κ3) is 4.90. The van der Waals surface area contributed by atoms with Crippen LogP contribution in [0, 0.1) is 0 Å². The summed E-state index contributed by atoms with van der Waals surface area (Å²) < 4.78 is 5.43. The number of aliphatic carboxylic acids is 1. The highest BCUT2D eigenvalue weighted by atomic mass is 35.5. The minimum atomic E-state index is -1.18. The van der Waals surface area contributed by atoms with E-state index < -0.39 is 24.0 Å². The second kappa shape index (κ2) is 11.0. The van der Waals surface area contributed by atoms with E-state index in [1.165, 1.54) is 24.3 Å². The van der Waals surface area contributed by atoms with Crippen molar-refractivity contribution >= 4 is 35.1 Å². The van der Waals surface area contributed by atoms with Gasteiger partial charge in [0.2, 0.25) is 0 Å². The van der Waals surface area contributed by atoms with Gasteiger partial charge in [0.25, 0.3) is 5.91 Å². The molecule has 2 aromatic rings. The molecule has 2 aromatic carbocycles. The SMILES string of the molecule is [N-]=[N+]=NCOc1ccc2c(c1)[C@@H](C(=O)O)[C@H](c1ccc(Cl)cc1Cl)N([C@H]1CCCC[C@@H]1N=NN)C2=O. The number of carboxylic acid groups (broad SMARTS) is 1. The van der Waals surface area contributed by atoms with Crippen LogP contribution in [0.5, 0.6) is 5.75 Å². The third-order valence-electron chi connectivity index (χ3n) is 6.60. The van der Waals surface area contributed by atoms with Crippen LogP contribution >= 0.6 is 23.2 Å². The molecule has 2 aliphatic rings. The zero-order valence-electron chi connectivity index (χ0n) is 19.0. The first-order chi connectivity index (χ1) is 17.4. The van der Waals surface area contributed by atoms with Gasteiger partial charge in [0, 0.05) is 20.5 Å². The number of azide groups is 1. The maximum Gasteiger partial charge on any atom is 0.313 e. The highest BCUT2D eigenvalue weighted by Gasteiger charge is 2.49. The lowest BCUT2D eigenvalue weighted by molar-refractivity contribution is -0.141. The van der Waals surface area contributed by atoms with Gasteiger partial charge in [-0.25, -0.2) is 0 Å². The van der Waals surface area contributed by atoms with Crippen LogP contribution in [0.4, 0.5) is 0 Å². The van der Waals surface area contributed by atoms with Crippen LogP contribution in [0.3, 0.4) is 0 Å². The zero-order valence-corrected chi connectivity index (χ0v) is 20.5. The van der Waals surface area contributed by atoms with Gasteiger partial charge in [-0.15, -0.1) is 0 Å². The molecule has 188 valence electrons. The summed E-state index contributed by atoms with van der Waals surface area (Å²) in [4.78, 5) is 31.1. The molecule has 4 rings (SSSR count). The van der Waals surface area contributed by atoms with Gasteiger partial charge in [0.05, 0.1) is 18.1 Å². The lowest BCUT2D eigenvalue weighted by Crippen LogP contribution is -2.54. The monoisotopic (exact) mass is 531 g/mol. The summed E-state index contributed by atoms with van der Waals surface area (Å²) in [5, 5.41) is 22.1. The zero-order chi connectivity index (χ0) is 25.8. The Hall–Kier alpha value is -3.53. The van der Waals surface area contributed by atoms with Crippen molar-refractivity contribution in [2.75, 3.05) is 6.73 Å². The fraction of sp³-hybridized carbons (Fsp3) is 0.391. The molecular weight excluding hydrogens is 509 g/mol. The number of carboxylic acids is 1. The first kappa shape index (κ1) is 25.6. The molecule has 1 saturated carbocycles. The number of halogens is 2. The van der Waals surface area contributed by atoms with Gasteiger partial charge in [-0.1, -0.05) is 52.4 Å². The van der Waals surface area contributed by atoms with Crippen LogP contribution in [-0.2, 0) is 4.79 Å². The van der Waals surface area contributed by atoms with E-state index in [1.54, 1.807) is 17.0 Å². The molecule has 1 fully saturated rings. The van der Waals surface area contributed by atoms with Crippen molar-refractivity contribution < 1.29 is 19.4 Å². The van der Waals surface area contributed by atoms with Crippen molar-refractivity contribution in [3.63, 3.8) is 0 Å². The Morgan fingerprint density at radius 2 is 1.97 bits per heavy atom. The number of nitrogens with two attached hydrogens (primary N) is 1. The molecule has 11 nitrogen and oxygen atoms in total. The van der Waals surface area contributed by atoms with E-state index >= 15 is 0 Å². The maximum absolute atomic E-state index is 14.0. The number of carbonyl (C=O) groups excluding carboxylic acids is 1. The number of rotatable bonds is 7. The van der Waals surface area contributed by atoms with Gasteiger partial charge in [0.15, 0.2) is 6.73 Å². The van der Waals surface area contributed by atoms with Crippen molar-refractivity contribution in [3.05, 3.63) is 73.6 Å². The van der Waals surface area contributed by atoms with E-state index in [-0.39, 0.29) is 40.6 Å². The smallest absolute Gasteiger partial charge is 0.313 e. The van der Waals surface area contributed by atoms with Crippen molar-refractivity contribution in [1.29, 1.82) is 0 Å². The molecule has 0 radical (unpaired) electrons. The van der Waals surface area contributed by atoms with Gasteiger partial charge >= 0.3 is 5.97 Å². The molecule has 0 spiro atoms. The lowest BCUT2D eigenvalue weighted by atomic mass is 9.77. The number of carbonyl (C=O) groups is 2. The topological polar surface area (TPSA) is 166 Å². The van der Waals surface area contributed by atoms with Crippen molar-refractivity contribution in [2.24, 2.45) is 21.3 Å². The Labute approximate surface area is 216 Å². The van der Waals surface area contributed by atoms with E-state index in [9.17, 15) is 14.7 Å². The Morgan fingerprint density at radius 1 is 1.19 bits per heavy atom. The molecule has 1 heterocycles. The quantitative estimate of drug-likeness (QED) is 0.154. The minimum Gasteiger partial charge on any atom is -0.488 e. The van der Waals surface area contributed by atoms with E-state index in [1.807, 2.05) is 0 Å². The second-order valence-corrected chi connectivity index (χ2v) is 9.39. The Morgan fingerprint density at radius 3 is 2.67 bits per heavy atom. The number of ether oxygens (including phenoxy) is 1. The number of hydrogen-bond donors (Lipinski definition) is 2. The first-order valence-corrected chi connectivity index (χ1v) is 12.0.